The highest BCUT2D eigenvalue weighted by Gasteiger charge is 2.28. The van der Waals surface area contributed by atoms with Gasteiger partial charge >= 0.3 is 0 Å². The topological polar surface area (TPSA) is 111 Å². The lowest BCUT2D eigenvalue weighted by atomic mass is 10.1. The summed E-state index contributed by atoms with van der Waals surface area (Å²) in [7, 11) is 1.48. The van der Waals surface area contributed by atoms with E-state index in [4.69, 9.17) is 10.5 Å². The van der Waals surface area contributed by atoms with Crippen molar-refractivity contribution in [3.8, 4) is 5.75 Å². The van der Waals surface area contributed by atoms with Gasteiger partial charge in [-0.1, -0.05) is 0 Å². The Kier molecular flexibility index (Phi) is 3.88. The molecule has 1 unspecified atom stereocenters. The molecule has 0 aromatic heterocycles. The molecule has 0 aliphatic carbocycles. The van der Waals surface area contributed by atoms with Crippen LogP contribution in [-0.4, -0.2) is 30.9 Å². The van der Waals surface area contributed by atoms with Crippen LogP contribution in [0.25, 0.3) is 0 Å². The summed E-state index contributed by atoms with van der Waals surface area (Å²) >= 11 is 0. The van der Waals surface area contributed by atoms with Crippen molar-refractivity contribution in [2.45, 2.75) is 18.9 Å². The first kappa shape index (κ1) is 13.9. The monoisotopic (exact) mass is 277 g/mol. The first-order valence-electron chi connectivity index (χ1n) is 6.09. The number of hydrogen-bond acceptors (Lipinski definition) is 5. The van der Waals surface area contributed by atoms with Gasteiger partial charge in [0.25, 0.3) is 5.91 Å². The zero-order valence-electron chi connectivity index (χ0n) is 10.9. The minimum absolute atomic E-state index is 0.210. The number of nitrogens with two attached hydrogens (primary N) is 1. The summed E-state index contributed by atoms with van der Waals surface area (Å²) in [6.45, 7) is 0. The van der Waals surface area contributed by atoms with E-state index in [0.29, 0.717) is 23.4 Å². The van der Waals surface area contributed by atoms with Crippen LogP contribution in [0.1, 0.15) is 23.2 Å². The Labute approximate surface area is 115 Å². The average Bonchev–Trinajstić information content (AvgIpc) is 2.41. The number of benzene rings is 1. The van der Waals surface area contributed by atoms with Gasteiger partial charge in [0.15, 0.2) is 0 Å². The fraction of sp³-hybridized carbons (Fsp3) is 0.308. The molecule has 7 nitrogen and oxygen atoms in total. The van der Waals surface area contributed by atoms with Crippen molar-refractivity contribution in [2.24, 2.45) is 0 Å². The van der Waals surface area contributed by atoms with Crippen LogP contribution in [0.2, 0.25) is 0 Å². The van der Waals surface area contributed by atoms with Crippen LogP contribution in [0.4, 0.5) is 5.69 Å². The second kappa shape index (κ2) is 5.60. The maximum Gasteiger partial charge on any atom is 0.252 e. The quantitative estimate of drug-likeness (QED) is 0.524. The zero-order chi connectivity index (χ0) is 14.7. The first-order chi connectivity index (χ1) is 9.51. The molecule has 3 amide bonds. The van der Waals surface area contributed by atoms with E-state index in [1.807, 2.05) is 0 Å². The third-order valence-corrected chi connectivity index (χ3v) is 3.04. The smallest absolute Gasteiger partial charge is 0.252 e. The van der Waals surface area contributed by atoms with E-state index in [1.54, 1.807) is 12.1 Å². The van der Waals surface area contributed by atoms with E-state index in [2.05, 4.69) is 10.6 Å². The van der Waals surface area contributed by atoms with Crippen LogP contribution in [-0.2, 0) is 9.59 Å². The van der Waals surface area contributed by atoms with Gasteiger partial charge in [0, 0.05) is 12.0 Å². The molecule has 0 bridgehead atoms. The molecule has 1 atom stereocenters. The molecule has 106 valence electrons. The molecule has 1 saturated heterocycles. The molecule has 0 spiro atoms. The number of nitrogens with one attached hydrogen (secondary N) is 2. The van der Waals surface area contributed by atoms with Crippen LogP contribution in [0.5, 0.6) is 5.75 Å². The van der Waals surface area contributed by atoms with Gasteiger partial charge in [-0.15, -0.1) is 0 Å². The Bertz CT molecular complexity index is 571. The molecule has 7 heteroatoms. The lowest BCUT2D eigenvalue weighted by molar-refractivity contribution is -0.134. The van der Waals surface area contributed by atoms with E-state index in [1.165, 1.54) is 13.2 Å². The van der Waals surface area contributed by atoms with Gasteiger partial charge < -0.3 is 15.8 Å². The fourth-order valence-electron chi connectivity index (χ4n) is 1.95. The maximum absolute atomic E-state index is 12.0. The molecule has 4 N–H and O–H groups in total. The third kappa shape index (κ3) is 2.87. The number of rotatable bonds is 3. The van der Waals surface area contributed by atoms with Crippen molar-refractivity contribution in [3.63, 3.8) is 0 Å². The summed E-state index contributed by atoms with van der Waals surface area (Å²) in [4.78, 5) is 34.6. The largest absolute Gasteiger partial charge is 0.495 e. The maximum atomic E-state index is 12.0. The Hall–Kier alpha value is -2.57. The summed E-state index contributed by atoms with van der Waals surface area (Å²) in [6, 6.07) is 3.90. The number of nitrogen functional groups attached to an aromatic ring is 1. The molecule has 1 aromatic carbocycles. The average molecular weight is 277 g/mol. The van der Waals surface area contributed by atoms with E-state index in [0.717, 1.165) is 0 Å². The molecule has 1 fully saturated rings. The van der Waals surface area contributed by atoms with E-state index < -0.39 is 17.9 Å². The van der Waals surface area contributed by atoms with Crippen molar-refractivity contribution in [3.05, 3.63) is 23.8 Å². The van der Waals surface area contributed by atoms with Crippen molar-refractivity contribution in [1.29, 1.82) is 0 Å². The molecule has 0 saturated carbocycles. The Morgan fingerprint density at radius 1 is 1.45 bits per heavy atom. The van der Waals surface area contributed by atoms with Gasteiger partial charge in [0.05, 0.1) is 12.8 Å². The number of piperidine rings is 1. The summed E-state index contributed by atoms with van der Waals surface area (Å²) in [5.41, 5.74) is 6.38. The van der Waals surface area contributed by atoms with Crippen molar-refractivity contribution >= 4 is 23.4 Å². The summed E-state index contributed by atoms with van der Waals surface area (Å²) in [6.07, 6.45) is 0.503. The van der Waals surface area contributed by atoms with Crippen LogP contribution in [0.15, 0.2) is 18.2 Å². The molecular weight excluding hydrogens is 262 g/mol. The summed E-state index contributed by atoms with van der Waals surface area (Å²) in [5, 5.41) is 4.75. The van der Waals surface area contributed by atoms with Gasteiger partial charge in [-0.2, -0.15) is 0 Å². The van der Waals surface area contributed by atoms with E-state index >= 15 is 0 Å². The van der Waals surface area contributed by atoms with Crippen LogP contribution in [0.3, 0.4) is 0 Å². The highest BCUT2D eigenvalue weighted by atomic mass is 16.5. The number of carbonyl (C=O) groups is 3. The minimum Gasteiger partial charge on any atom is -0.495 e. The second-order valence-electron chi connectivity index (χ2n) is 4.43. The number of anilines is 1. The van der Waals surface area contributed by atoms with Gasteiger partial charge in [-0.3, -0.25) is 19.7 Å². The Balaban J connectivity index is 2.06. The van der Waals surface area contributed by atoms with Gasteiger partial charge in [-0.25, -0.2) is 0 Å². The predicted molar refractivity (Wildman–Crippen MR) is 71.0 cm³/mol. The standard InChI is InChI=1S/C13H15N3O4/c1-20-10-4-2-7(6-8(10)14)12(18)15-9-3-5-11(17)16-13(9)19/h2,4,6,9H,3,5,14H2,1H3,(H,15,18)(H,16,17,19). The van der Waals surface area contributed by atoms with E-state index in [-0.39, 0.29) is 12.3 Å². The molecule has 1 heterocycles. The molecular formula is C13H15N3O4. The number of imide groups is 1. The van der Waals surface area contributed by atoms with Crippen molar-refractivity contribution in [1.82, 2.24) is 10.6 Å². The molecule has 1 aliphatic rings. The van der Waals surface area contributed by atoms with Crippen molar-refractivity contribution < 1.29 is 19.1 Å². The van der Waals surface area contributed by atoms with Crippen LogP contribution in [0, 0.1) is 0 Å². The number of methoxy groups -OCH3 is 1. The third-order valence-electron chi connectivity index (χ3n) is 3.04. The number of hydrogen-bond donors (Lipinski definition) is 3. The zero-order valence-corrected chi connectivity index (χ0v) is 10.9. The lowest BCUT2D eigenvalue weighted by Gasteiger charge is -2.21. The SMILES string of the molecule is COc1ccc(C(=O)NC2CCC(=O)NC2=O)cc1N. The van der Waals surface area contributed by atoms with Crippen LogP contribution >= 0.6 is 0 Å². The predicted octanol–water partition coefficient (Wildman–Crippen LogP) is -0.188. The highest BCUT2D eigenvalue weighted by molar-refractivity contribution is 6.04. The van der Waals surface area contributed by atoms with Gasteiger partial charge in [-0.05, 0) is 24.6 Å². The molecule has 2 rings (SSSR count). The first-order valence-corrected chi connectivity index (χ1v) is 6.09. The molecule has 20 heavy (non-hydrogen) atoms. The Morgan fingerprint density at radius 3 is 2.80 bits per heavy atom. The number of amides is 3. The molecule has 0 radical (unpaired) electrons. The van der Waals surface area contributed by atoms with Crippen molar-refractivity contribution in [2.75, 3.05) is 12.8 Å². The minimum atomic E-state index is -0.705. The summed E-state index contributed by atoms with van der Waals surface area (Å²) < 4.78 is 5.00. The number of carbonyl (C=O) groups excluding carboxylic acids is 3. The normalized spacial score (nSPS) is 18.4. The second-order valence-corrected chi connectivity index (χ2v) is 4.43. The van der Waals surface area contributed by atoms with Gasteiger partial charge in [0.1, 0.15) is 11.8 Å². The summed E-state index contributed by atoms with van der Waals surface area (Å²) in [5.74, 6) is -0.762. The van der Waals surface area contributed by atoms with Crippen LogP contribution < -0.4 is 21.1 Å². The number of ether oxygens (including phenoxy) is 1. The Morgan fingerprint density at radius 2 is 2.20 bits per heavy atom. The molecule has 1 aromatic rings. The van der Waals surface area contributed by atoms with Gasteiger partial charge in [0.2, 0.25) is 11.8 Å². The van der Waals surface area contributed by atoms with E-state index in [9.17, 15) is 14.4 Å². The highest BCUT2D eigenvalue weighted by Crippen LogP contribution is 2.22. The molecule has 1 aliphatic heterocycles. The fourth-order valence-corrected chi connectivity index (χ4v) is 1.95. The lowest BCUT2D eigenvalue weighted by Crippen LogP contribution is -2.52.